The summed E-state index contributed by atoms with van der Waals surface area (Å²) < 4.78 is 0. The van der Waals surface area contributed by atoms with Crippen LogP contribution in [0.1, 0.15) is 20.3 Å². The molecule has 1 aliphatic heterocycles. The molecule has 7 nitrogen and oxygen atoms in total. The molecule has 0 saturated heterocycles. The van der Waals surface area contributed by atoms with E-state index in [1.807, 2.05) is 12.1 Å². The highest BCUT2D eigenvalue weighted by Crippen LogP contribution is 2.40. The quantitative estimate of drug-likeness (QED) is 0.442. The fourth-order valence-corrected chi connectivity index (χ4v) is 4.10. The van der Waals surface area contributed by atoms with Gasteiger partial charge in [0.25, 0.3) is 11.8 Å². The smallest absolute Gasteiger partial charge is 0.318 e. The van der Waals surface area contributed by atoms with Crippen molar-refractivity contribution in [3.8, 4) is 0 Å². The Balaban J connectivity index is 1.77. The third-order valence-electron chi connectivity index (χ3n) is 5.70. The minimum atomic E-state index is -1.43. The first-order chi connectivity index (χ1) is 16.8. The third-order valence-corrected chi connectivity index (χ3v) is 5.94. The van der Waals surface area contributed by atoms with E-state index >= 15 is 0 Å². The second-order valence-corrected chi connectivity index (χ2v) is 9.15. The molecule has 0 aromatic heterocycles. The van der Waals surface area contributed by atoms with Crippen molar-refractivity contribution in [2.75, 3.05) is 21.7 Å². The lowest BCUT2D eigenvalue weighted by atomic mass is 10.1. The van der Waals surface area contributed by atoms with Gasteiger partial charge in [-0.15, -0.1) is 0 Å². The third kappa shape index (κ3) is 5.46. The molecule has 1 aliphatic rings. The Labute approximate surface area is 209 Å². The summed E-state index contributed by atoms with van der Waals surface area (Å²) in [5.74, 6) is -0.739. The van der Waals surface area contributed by atoms with Crippen molar-refractivity contribution in [1.82, 2.24) is 5.32 Å². The van der Waals surface area contributed by atoms with Gasteiger partial charge in [-0.25, -0.2) is 4.79 Å². The number of carbonyl (C=O) groups excluding carboxylic acids is 3. The van der Waals surface area contributed by atoms with Crippen LogP contribution in [0.15, 0.2) is 78.9 Å². The fourth-order valence-electron chi connectivity index (χ4n) is 3.94. The van der Waals surface area contributed by atoms with Gasteiger partial charge in [0.05, 0.1) is 11.4 Å². The van der Waals surface area contributed by atoms with E-state index < -0.39 is 23.9 Å². The minimum Gasteiger partial charge on any atom is -0.318 e. The first-order valence-corrected chi connectivity index (χ1v) is 11.9. The first-order valence-electron chi connectivity index (χ1n) is 11.5. The van der Waals surface area contributed by atoms with Gasteiger partial charge in [0.1, 0.15) is 0 Å². The molecule has 1 unspecified atom stereocenters. The first kappa shape index (κ1) is 24.3. The van der Waals surface area contributed by atoms with Gasteiger partial charge in [-0.3, -0.25) is 14.5 Å². The number of para-hydroxylation sites is 2. The second-order valence-electron chi connectivity index (χ2n) is 8.71. The van der Waals surface area contributed by atoms with Gasteiger partial charge in [0.15, 0.2) is 6.04 Å². The Hall–Kier alpha value is -3.84. The number of fused-ring (bicyclic) bond motifs is 1. The number of benzene rings is 3. The Kier molecular flexibility index (Phi) is 7.36. The number of nitrogens with one attached hydrogen (secondary N) is 2. The lowest BCUT2D eigenvalue weighted by molar-refractivity contribution is -0.128. The van der Waals surface area contributed by atoms with E-state index in [0.29, 0.717) is 40.2 Å². The predicted octanol–water partition coefficient (Wildman–Crippen LogP) is 5.59. The molecule has 4 amide bonds. The molecule has 0 spiro atoms. The zero-order valence-corrected chi connectivity index (χ0v) is 20.3. The van der Waals surface area contributed by atoms with Crippen LogP contribution in [0.4, 0.5) is 27.5 Å². The zero-order valence-electron chi connectivity index (χ0n) is 19.6. The summed E-state index contributed by atoms with van der Waals surface area (Å²) >= 11 is 6.33. The van der Waals surface area contributed by atoms with Gasteiger partial charge in [0.2, 0.25) is 0 Å². The highest BCUT2D eigenvalue weighted by molar-refractivity contribution is 6.32. The van der Waals surface area contributed by atoms with Gasteiger partial charge in [-0.2, -0.15) is 0 Å². The van der Waals surface area contributed by atoms with Gasteiger partial charge in [-0.05, 0) is 54.8 Å². The van der Waals surface area contributed by atoms with Crippen molar-refractivity contribution < 1.29 is 14.4 Å². The molecule has 180 valence electrons. The average Bonchev–Trinajstić information content (AvgIpc) is 2.92. The van der Waals surface area contributed by atoms with Crippen LogP contribution in [0.2, 0.25) is 5.02 Å². The molecular formula is C27H27ClN4O3. The SMILES string of the molecule is CC(C)CCN1C(=O)C(NC(=O)Nc2ccccc2)C(=O)N(c2ccccc2)c2cc(Cl)ccc21. The van der Waals surface area contributed by atoms with E-state index in [9.17, 15) is 14.4 Å². The largest absolute Gasteiger partial charge is 0.320 e. The average molecular weight is 491 g/mol. The van der Waals surface area contributed by atoms with E-state index in [0.717, 1.165) is 6.42 Å². The molecule has 0 saturated carbocycles. The van der Waals surface area contributed by atoms with Crippen LogP contribution in [0.25, 0.3) is 0 Å². The number of carbonyl (C=O) groups is 3. The molecule has 35 heavy (non-hydrogen) atoms. The van der Waals surface area contributed by atoms with Gasteiger partial charge in [-0.1, -0.05) is 61.8 Å². The summed E-state index contributed by atoms with van der Waals surface area (Å²) in [7, 11) is 0. The van der Waals surface area contributed by atoms with Crippen molar-refractivity contribution in [2.24, 2.45) is 5.92 Å². The molecular weight excluding hydrogens is 464 g/mol. The predicted molar refractivity (Wildman–Crippen MR) is 139 cm³/mol. The van der Waals surface area contributed by atoms with Crippen molar-refractivity contribution in [3.05, 3.63) is 83.9 Å². The van der Waals surface area contributed by atoms with E-state index in [1.54, 1.807) is 71.6 Å². The Morgan fingerprint density at radius 3 is 2.23 bits per heavy atom. The number of hydrogen-bond acceptors (Lipinski definition) is 3. The number of halogens is 1. The molecule has 1 heterocycles. The highest BCUT2D eigenvalue weighted by Gasteiger charge is 2.42. The van der Waals surface area contributed by atoms with Crippen molar-refractivity contribution in [1.29, 1.82) is 0 Å². The topological polar surface area (TPSA) is 81.8 Å². The van der Waals surface area contributed by atoms with Gasteiger partial charge in [0, 0.05) is 22.9 Å². The number of anilines is 4. The molecule has 2 N–H and O–H groups in total. The number of rotatable bonds is 6. The summed E-state index contributed by atoms with van der Waals surface area (Å²) in [4.78, 5) is 43.5. The number of amides is 4. The van der Waals surface area contributed by atoms with E-state index in [4.69, 9.17) is 11.6 Å². The van der Waals surface area contributed by atoms with Crippen molar-refractivity contribution in [2.45, 2.75) is 26.3 Å². The maximum Gasteiger partial charge on any atom is 0.320 e. The summed E-state index contributed by atoms with van der Waals surface area (Å²) in [6, 6.07) is 20.9. The standard InChI is InChI=1S/C27H27ClN4O3/c1-18(2)15-16-31-22-14-13-19(28)17-23(22)32(21-11-7-4-8-12-21)26(34)24(25(31)33)30-27(35)29-20-9-5-3-6-10-20/h3-14,17-18,24H,15-16H2,1-2H3,(H2,29,30,35). The Bertz CT molecular complexity index is 1220. The molecule has 0 fully saturated rings. The number of nitrogens with zero attached hydrogens (tertiary/aromatic N) is 2. The van der Waals surface area contributed by atoms with Crippen LogP contribution in [0.3, 0.4) is 0 Å². The molecule has 0 bridgehead atoms. The normalized spacial score (nSPS) is 15.6. The van der Waals surface area contributed by atoms with Crippen LogP contribution in [0, 0.1) is 5.92 Å². The molecule has 0 radical (unpaired) electrons. The van der Waals surface area contributed by atoms with E-state index in [-0.39, 0.29) is 0 Å². The van der Waals surface area contributed by atoms with Crippen LogP contribution in [-0.2, 0) is 9.59 Å². The summed E-state index contributed by atoms with van der Waals surface area (Å²) in [5, 5.41) is 5.73. The monoisotopic (exact) mass is 490 g/mol. The van der Waals surface area contributed by atoms with E-state index in [1.165, 1.54) is 4.90 Å². The fraction of sp³-hybridized carbons (Fsp3) is 0.222. The minimum absolute atomic E-state index is 0.329. The zero-order chi connectivity index (χ0) is 24.9. The maximum absolute atomic E-state index is 13.9. The van der Waals surface area contributed by atoms with Gasteiger partial charge >= 0.3 is 6.03 Å². The van der Waals surface area contributed by atoms with Crippen LogP contribution >= 0.6 is 11.6 Å². The number of hydrogen-bond donors (Lipinski definition) is 2. The summed E-state index contributed by atoms with van der Waals surface area (Å²) in [6.45, 7) is 4.52. The van der Waals surface area contributed by atoms with E-state index in [2.05, 4.69) is 24.5 Å². The molecule has 8 heteroatoms. The molecule has 3 aromatic carbocycles. The maximum atomic E-state index is 13.9. The lowest BCUT2D eigenvalue weighted by Gasteiger charge is -2.26. The molecule has 4 rings (SSSR count). The molecule has 3 aromatic rings. The van der Waals surface area contributed by atoms with Crippen molar-refractivity contribution >= 4 is 52.2 Å². The second kappa shape index (κ2) is 10.6. The summed E-state index contributed by atoms with van der Waals surface area (Å²) in [6.07, 6.45) is 0.719. The van der Waals surface area contributed by atoms with Crippen molar-refractivity contribution in [3.63, 3.8) is 0 Å². The molecule has 1 atom stereocenters. The van der Waals surface area contributed by atoms with Crippen LogP contribution in [-0.4, -0.2) is 30.4 Å². The van der Waals surface area contributed by atoms with Crippen LogP contribution < -0.4 is 20.4 Å². The van der Waals surface area contributed by atoms with Crippen LogP contribution in [0.5, 0.6) is 0 Å². The Morgan fingerprint density at radius 1 is 0.914 bits per heavy atom. The van der Waals surface area contributed by atoms with Gasteiger partial charge < -0.3 is 15.5 Å². The summed E-state index contributed by atoms with van der Waals surface area (Å²) in [5.41, 5.74) is 2.16. The lowest BCUT2D eigenvalue weighted by Crippen LogP contribution is -2.55. The Morgan fingerprint density at radius 2 is 1.57 bits per heavy atom. The number of urea groups is 1. The molecule has 0 aliphatic carbocycles. The highest BCUT2D eigenvalue weighted by atomic mass is 35.5.